The van der Waals surface area contributed by atoms with Gasteiger partial charge in [-0.15, -0.1) is 0 Å². The highest BCUT2D eigenvalue weighted by Gasteiger charge is 2.16. The Morgan fingerprint density at radius 1 is 0.525 bits per heavy atom. The van der Waals surface area contributed by atoms with Crippen LogP contribution in [0.15, 0.2) is 119 Å². The summed E-state index contributed by atoms with van der Waals surface area (Å²) in [5, 5.41) is 17.6. The molecule has 0 atom stereocenters. The maximum absolute atomic E-state index is 12.2. The van der Waals surface area contributed by atoms with E-state index in [4.69, 9.17) is 10.2 Å². The van der Waals surface area contributed by atoms with Gasteiger partial charge in [-0.1, -0.05) is 36.4 Å². The van der Waals surface area contributed by atoms with Gasteiger partial charge < -0.3 is 14.8 Å². The van der Waals surface area contributed by atoms with Crippen LogP contribution in [-0.2, 0) is 11.2 Å². The van der Waals surface area contributed by atoms with Gasteiger partial charge in [0.05, 0.1) is 53.4 Å². The van der Waals surface area contributed by atoms with Crippen molar-refractivity contribution in [2.75, 3.05) is 42.3 Å². The van der Waals surface area contributed by atoms with E-state index >= 15 is 0 Å². The zero-order valence-corrected chi connectivity index (χ0v) is 24.6. The Morgan fingerprint density at radius 2 is 0.800 bits per heavy atom. The van der Waals surface area contributed by atoms with E-state index in [0.29, 0.717) is 9.79 Å². The minimum atomic E-state index is -1.48. The molecule has 0 fully saturated rings. The molecule has 4 aromatic carbocycles. The van der Waals surface area contributed by atoms with Gasteiger partial charge in [0.25, 0.3) is 0 Å². The minimum Gasteiger partial charge on any atom is -0.606 e. The first-order valence-electron chi connectivity index (χ1n) is 12.5. The normalized spacial score (nSPS) is 11.0. The van der Waals surface area contributed by atoms with Gasteiger partial charge in [-0.3, -0.25) is 8.97 Å². The van der Waals surface area contributed by atoms with Gasteiger partial charge in [0.2, 0.25) is 0 Å². The van der Waals surface area contributed by atoms with Crippen molar-refractivity contribution in [3.8, 4) is 0 Å². The zero-order valence-electron chi connectivity index (χ0n) is 23.8. The van der Waals surface area contributed by atoms with Crippen LogP contribution in [0.1, 0.15) is 20.7 Å². The average molecular weight is 563 g/mol. The summed E-state index contributed by atoms with van der Waals surface area (Å²) in [7, 11) is 13.0. The lowest BCUT2D eigenvalue weighted by atomic mass is 10.2. The molecule has 0 spiro atoms. The van der Waals surface area contributed by atoms with Gasteiger partial charge in [-0.05, 0) is 72.8 Å². The molecule has 0 bridgehead atoms. The van der Waals surface area contributed by atoms with E-state index < -0.39 is 23.1 Å². The lowest BCUT2D eigenvalue weighted by molar-refractivity contribution is 0.0686. The van der Waals surface area contributed by atoms with Crippen molar-refractivity contribution in [3.63, 3.8) is 0 Å². The molecule has 4 rings (SSSR count). The SMILES string of the molecule is C[N+](C)(C)c1ccccc1.C[N+](C)(C)c1ccccc1.O=C(O)c1ccc([S+]([O-])c2ccc(C(=O)O)cc2)cc1. The summed E-state index contributed by atoms with van der Waals surface area (Å²) in [5.74, 6) is -2.10. The second-order valence-corrected chi connectivity index (χ2v) is 12.1. The molecule has 0 aliphatic carbocycles. The summed E-state index contributed by atoms with van der Waals surface area (Å²) in [4.78, 5) is 22.4. The Bertz CT molecular complexity index is 1240. The smallest absolute Gasteiger partial charge is 0.335 e. The zero-order chi connectivity index (χ0) is 29.9. The van der Waals surface area contributed by atoms with Crippen molar-refractivity contribution in [2.45, 2.75) is 9.79 Å². The van der Waals surface area contributed by atoms with Gasteiger partial charge in [0.15, 0.2) is 9.79 Å². The van der Waals surface area contributed by atoms with Crippen LogP contribution in [0, 0.1) is 0 Å². The van der Waals surface area contributed by atoms with E-state index in [1.54, 1.807) is 0 Å². The third-order valence-corrected chi connectivity index (χ3v) is 7.09. The van der Waals surface area contributed by atoms with E-state index in [1.165, 1.54) is 59.9 Å². The number of quaternary nitrogens is 2. The summed E-state index contributed by atoms with van der Waals surface area (Å²) in [5.41, 5.74) is 2.91. The summed E-state index contributed by atoms with van der Waals surface area (Å²) in [6.07, 6.45) is 0. The predicted molar refractivity (Wildman–Crippen MR) is 163 cm³/mol. The van der Waals surface area contributed by atoms with Crippen molar-refractivity contribution >= 4 is 34.5 Å². The Balaban J connectivity index is 0.000000235. The molecule has 0 aliphatic heterocycles. The van der Waals surface area contributed by atoms with Gasteiger partial charge in [0, 0.05) is 11.2 Å². The third-order valence-electron chi connectivity index (χ3n) is 5.69. The Labute approximate surface area is 239 Å². The number of nitrogens with zero attached hydrogens (tertiary/aromatic N) is 2. The minimum absolute atomic E-state index is 0.118. The van der Waals surface area contributed by atoms with Crippen LogP contribution >= 0.6 is 0 Å². The molecule has 210 valence electrons. The second-order valence-electron chi connectivity index (χ2n) is 10.6. The number of benzene rings is 4. The number of rotatable bonds is 6. The third kappa shape index (κ3) is 10.3. The Kier molecular flexibility index (Phi) is 11.6. The van der Waals surface area contributed by atoms with Crippen LogP contribution in [0.25, 0.3) is 0 Å². The highest BCUT2D eigenvalue weighted by molar-refractivity contribution is 7.91. The number of carbonyl (C=O) groups is 2. The molecule has 8 heteroatoms. The van der Waals surface area contributed by atoms with Crippen molar-refractivity contribution in [1.29, 1.82) is 0 Å². The summed E-state index contributed by atoms with van der Waals surface area (Å²) < 4.78 is 14.0. The summed E-state index contributed by atoms with van der Waals surface area (Å²) in [6, 6.07) is 32.3. The number of hydrogen-bond acceptors (Lipinski definition) is 3. The molecular weight excluding hydrogens is 524 g/mol. The molecule has 7 nitrogen and oxygen atoms in total. The molecule has 0 unspecified atom stereocenters. The highest BCUT2D eigenvalue weighted by Crippen LogP contribution is 2.22. The van der Waals surface area contributed by atoms with Gasteiger partial charge in [-0.25, -0.2) is 9.59 Å². The van der Waals surface area contributed by atoms with Gasteiger partial charge in [0.1, 0.15) is 11.4 Å². The first kappa shape index (κ1) is 32.3. The lowest BCUT2D eigenvalue weighted by Crippen LogP contribution is -2.34. The molecule has 0 heterocycles. The molecule has 2 N–H and O–H groups in total. The quantitative estimate of drug-likeness (QED) is 0.221. The van der Waals surface area contributed by atoms with Crippen LogP contribution in [-0.4, -0.2) is 69.0 Å². The fourth-order valence-electron chi connectivity index (χ4n) is 3.33. The van der Waals surface area contributed by atoms with Crippen LogP contribution in [0.5, 0.6) is 0 Å². The second kappa shape index (κ2) is 14.4. The van der Waals surface area contributed by atoms with Gasteiger partial charge in [-0.2, -0.15) is 0 Å². The number of para-hydroxylation sites is 2. The fourth-order valence-corrected chi connectivity index (χ4v) is 4.37. The average Bonchev–Trinajstić information content (AvgIpc) is 2.93. The highest BCUT2D eigenvalue weighted by atomic mass is 32.2. The topological polar surface area (TPSA) is 97.7 Å². The lowest BCUT2D eigenvalue weighted by Gasteiger charge is -2.22. The van der Waals surface area contributed by atoms with Crippen molar-refractivity contribution < 1.29 is 24.4 Å². The predicted octanol–water partition coefficient (Wildman–Crippen LogP) is 6.02. The van der Waals surface area contributed by atoms with E-state index in [9.17, 15) is 14.1 Å². The summed E-state index contributed by atoms with van der Waals surface area (Å²) in [6.45, 7) is 0. The van der Waals surface area contributed by atoms with Crippen LogP contribution in [0.4, 0.5) is 11.4 Å². The van der Waals surface area contributed by atoms with E-state index in [0.717, 1.165) is 8.97 Å². The van der Waals surface area contributed by atoms with Crippen molar-refractivity contribution in [1.82, 2.24) is 8.97 Å². The van der Waals surface area contributed by atoms with Crippen LogP contribution in [0.2, 0.25) is 0 Å². The first-order chi connectivity index (χ1) is 18.7. The van der Waals surface area contributed by atoms with Crippen LogP contribution in [0.3, 0.4) is 0 Å². The number of carboxylic acid groups (broad SMARTS) is 2. The van der Waals surface area contributed by atoms with Crippen molar-refractivity contribution in [3.05, 3.63) is 120 Å². The fraction of sp³-hybridized carbons (Fsp3) is 0.188. The van der Waals surface area contributed by atoms with E-state index in [1.807, 2.05) is 12.1 Å². The Morgan fingerprint density at radius 3 is 1.00 bits per heavy atom. The van der Waals surface area contributed by atoms with Gasteiger partial charge >= 0.3 is 11.9 Å². The molecule has 0 saturated heterocycles. The van der Waals surface area contributed by atoms with E-state index in [-0.39, 0.29) is 11.1 Å². The molecule has 0 aromatic heterocycles. The van der Waals surface area contributed by atoms with Crippen LogP contribution < -0.4 is 8.97 Å². The van der Waals surface area contributed by atoms with E-state index in [2.05, 4.69) is 90.8 Å². The molecule has 40 heavy (non-hydrogen) atoms. The Hall–Kier alpha value is -3.95. The van der Waals surface area contributed by atoms with Crippen molar-refractivity contribution in [2.24, 2.45) is 0 Å². The number of carboxylic acids is 2. The largest absolute Gasteiger partial charge is 0.606 e. The monoisotopic (exact) mass is 562 g/mol. The maximum Gasteiger partial charge on any atom is 0.335 e. The standard InChI is InChI=1S/C14H10O5S.2C9H14N/c15-13(16)9-1-5-11(6-2-9)20(19)12-7-3-10(4-8-12)14(17)18;2*1-10(2,3)9-7-5-4-6-8-9/h1-8H,(H,15,16)(H,17,18);2*4-8H,1-3H3/q;2*+1. The molecule has 4 aromatic rings. The molecular formula is C32H38N2O5S+2. The number of aromatic carboxylic acids is 2. The molecule has 0 saturated carbocycles. The first-order valence-corrected chi connectivity index (χ1v) is 13.7. The molecule has 0 amide bonds. The maximum atomic E-state index is 12.2. The number of hydrogen-bond donors (Lipinski definition) is 2. The molecule has 0 aliphatic rings. The summed E-state index contributed by atoms with van der Waals surface area (Å²) >= 11 is -1.48. The molecule has 0 radical (unpaired) electrons.